The maximum atomic E-state index is 13.4. The van der Waals surface area contributed by atoms with E-state index in [1.54, 1.807) is 16.8 Å². The highest BCUT2D eigenvalue weighted by Crippen LogP contribution is 2.23. The Morgan fingerprint density at radius 3 is 2.62 bits per heavy atom. The second-order valence-electron chi connectivity index (χ2n) is 6.76. The van der Waals surface area contributed by atoms with E-state index in [1.807, 2.05) is 39.8 Å². The van der Waals surface area contributed by atoms with Crippen LogP contribution in [0.1, 0.15) is 0 Å². The molecule has 150 valence electrons. The van der Waals surface area contributed by atoms with Crippen molar-refractivity contribution in [3.05, 3.63) is 65.2 Å². The van der Waals surface area contributed by atoms with Gasteiger partial charge in [0.25, 0.3) is 0 Å². The molecule has 7 nitrogen and oxygen atoms in total. The third-order valence-electron chi connectivity index (χ3n) is 4.76. The first-order valence-corrected chi connectivity index (χ1v) is 9.58. The van der Waals surface area contributed by atoms with Crippen molar-refractivity contribution >= 4 is 18.1 Å². The SMILES string of the molecule is NC(=O)C1CN(Cn2nc(-c3ccccc3)n(-c3ccc(F)cc3)c2=S)CCO1. The van der Waals surface area contributed by atoms with Crippen LogP contribution in [0.2, 0.25) is 0 Å². The number of aromatic nitrogens is 3. The topological polar surface area (TPSA) is 78.3 Å². The van der Waals surface area contributed by atoms with E-state index in [0.717, 1.165) is 11.3 Å². The lowest BCUT2D eigenvalue weighted by molar-refractivity contribution is -0.136. The fourth-order valence-corrected chi connectivity index (χ4v) is 3.58. The smallest absolute Gasteiger partial charge is 0.247 e. The summed E-state index contributed by atoms with van der Waals surface area (Å²) in [7, 11) is 0. The second-order valence-corrected chi connectivity index (χ2v) is 7.13. The van der Waals surface area contributed by atoms with Crippen molar-refractivity contribution in [1.29, 1.82) is 0 Å². The second kappa shape index (κ2) is 8.24. The van der Waals surface area contributed by atoms with E-state index in [1.165, 1.54) is 12.1 Å². The number of hydrogen-bond donors (Lipinski definition) is 1. The lowest BCUT2D eigenvalue weighted by Crippen LogP contribution is -2.48. The van der Waals surface area contributed by atoms with Crippen molar-refractivity contribution in [3.63, 3.8) is 0 Å². The average molecular weight is 413 g/mol. The van der Waals surface area contributed by atoms with Crippen molar-refractivity contribution in [1.82, 2.24) is 19.2 Å². The molecule has 1 atom stereocenters. The maximum absolute atomic E-state index is 13.4. The van der Waals surface area contributed by atoms with Crippen molar-refractivity contribution in [2.45, 2.75) is 12.8 Å². The average Bonchev–Trinajstić information content (AvgIpc) is 3.05. The predicted octanol–water partition coefficient (Wildman–Crippen LogP) is 2.35. The first-order valence-electron chi connectivity index (χ1n) is 9.17. The summed E-state index contributed by atoms with van der Waals surface area (Å²) in [4.78, 5) is 13.5. The largest absolute Gasteiger partial charge is 0.367 e. The van der Waals surface area contributed by atoms with Crippen LogP contribution < -0.4 is 5.73 Å². The molecule has 0 saturated carbocycles. The van der Waals surface area contributed by atoms with E-state index in [-0.39, 0.29) is 5.82 Å². The van der Waals surface area contributed by atoms with E-state index in [2.05, 4.69) is 0 Å². The Morgan fingerprint density at radius 1 is 1.21 bits per heavy atom. The number of morpholine rings is 1. The number of primary amides is 1. The van der Waals surface area contributed by atoms with Crippen molar-refractivity contribution in [2.75, 3.05) is 19.7 Å². The van der Waals surface area contributed by atoms with Crippen LogP contribution >= 0.6 is 12.2 Å². The molecule has 29 heavy (non-hydrogen) atoms. The molecule has 2 N–H and O–H groups in total. The van der Waals surface area contributed by atoms with E-state index in [9.17, 15) is 9.18 Å². The molecule has 1 amide bonds. The number of rotatable bonds is 5. The van der Waals surface area contributed by atoms with Gasteiger partial charge in [-0.15, -0.1) is 5.10 Å². The minimum absolute atomic E-state index is 0.320. The minimum atomic E-state index is -0.648. The molecule has 4 rings (SSSR count). The molecule has 1 saturated heterocycles. The molecule has 2 aromatic carbocycles. The summed E-state index contributed by atoms with van der Waals surface area (Å²) in [5.41, 5.74) is 6.99. The number of halogens is 1. The third-order valence-corrected chi connectivity index (χ3v) is 5.15. The number of benzene rings is 2. The van der Waals surface area contributed by atoms with E-state index in [4.69, 9.17) is 27.8 Å². The molecule has 0 bridgehead atoms. The monoisotopic (exact) mass is 413 g/mol. The first-order chi connectivity index (χ1) is 14.0. The molecular weight excluding hydrogens is 393 g/mol. The Labute approximate surface area is 172 Å². The summed E-state index contributed by atoms with van der Waals surface area (Å²) < 4.78 is 22.8. The number of ether oxygens (including phenoxy) is 1. The Balaban J connectivity index is 1.73. The van der Waals surface area contributed by atoms with Gasteiger partial charge in [0, 0.05) is 18.7 Å². The molecule has 0 radical (unpaired) electrons. The highest BCUT2D eigenvalue weighted by atomic mass is 32.1. The molecule has 0 spiro atoms. The zero-order chi connectivity index (χ0) is 20.4. The van der Waals surface area contributed by atoms with Gasteiger partial charge >= 0.3 is 0 Å². The van der Waals surface area contributed by atoms with Crippen LogP contribution in [0, 0.1) is 10.6 Å². The number of amides is 1. The van der Waals surface area contributed by atoms with Gasteiger partial charge in [-0.1, -0.05) is 30.3 Å². The molecule has 1 unspecified atom stereocenters. The minimum Gasteiger partial charge on any atom is -0.367 e. The maximum Gasteiger partial charge on any atom is 0.247 e. The molecule has 1 aromatic heterocycles. The first kappa shape index (κ1) is 19.4. The van der Waals surface area contributed by atoms with Gasteiger partial charge in [-0.3, -0.25) is 14.3 Å². The van der Waals surface area contributed by atoms with Crippen LogP contribution in [0.4, 0.5) is 4.39 Å². The number of nitrogens with two attached hydrogens (primary N) is 1. The van der Waals surface area contributed by atoms with Gasteiger partial charge in [0.15, 0.2) is 5.82 Å². The Morgan fingerprint density at radius 2 is 1.93 bits per heavy atom. The summed E-state index contributed by atoms with van der Waals surface area (Å²) in [6, 6.07) is 15.8. The molecule has 1 aliphatic rings. The molecular formula is C20H20FN5O2S. The van der Waals surface area contributed by atoms with Gasteiger partial charge in [-0.05, 0) is 36.5 Å². The lowest BCUT2D eigenvalue weighted by atomic mass is 10.2. The molecule has 1 aliphatic heterocycles. The summed E-state index contributed by atoms with van der Waals surface area (Å²) >= 11 is 5.70. The summed E-state index contributed by atoms with van der Waals surface area (Å²) in [5, 5.41) is 4.73. The summed E-state index contributed by atoms with van der Waals surface area (Å²) in [5.74, 6) is -0.151. The zero-order valence-electron chi connectivity index (χ0n) is 15.6. The summed E-state index contributed by atoms with van der Waals surface area (Å²) in [6.45, 7) is 1.81. The fourth-order valence-electron chi connectivity index (χ4n) is 3.29. The molecule has 2 heterocycles. The summed E-state index contributed by atoms with van der Waals surface area (Å²) in [6.07, 6.45) is -0.648. The highest BCUT2D eigenvalue weighted by Gasteiger charge is 2.26. The van der Waals surface area contributed by atoms with E-state index < -0.39 is 12.0 Å². The van der Waals surface area contributed by atoms with E-state index >= 15 is 0 Å². The normalized spacial score (nSPS) is 17.3. The number of carbonyl (C=O) groups is 1. The molecule has 9 heteroatoms. The zero-order valence-corrected chi connectivity index (χ0v) is 16.4. The van der Waals surface area contributed by atoms with Crippen LogP contribution in [0.5, 0.6) is 0 Å². The quantitative estimate of drug-likeness (QED) is 0.650. The third kappa shape index (κ3) is 4.12. The number of carbonyl (C=O) groups excluding carboxylic acids is 1. The van der Waals surface area contributed by atoms with Crippen molar-refractivity contribution in [2.24, 2.45) is 5.73 Å². The fraction of sp³-hybridized carbons (Fsp3) is 0.250. The predicted molar refractivity (Wildman–Crippen MR) is 108 cm³/mol. The number of hydrogen-bond acceptors (Lipinski definition) is 5. The van der Waals surface area contributed by atoms with Crippen LogP contribution in [-0.2, 0) is 16.2 Å². The van der Waals surface area contributed by atoms with Crippen LogP contribution in [0.3, 0.4) is 0 Å². The van der Waals surface area contributed by atoms with Gasteiger partial charge in [0.2, 0.25) is 10.7 Å². The van der Waals surface area contributed by atoms with Gasteiger partial charge < -0.3 is 10.5 Å². The number of nitrogens with zero attached hydrogens (tertiary/aromatic N) is 4. The van der Waals surface area contributed by atoms with Crippen LogP contribution in [0.15, 0.2) is 54.6 Å². The lowest BCUT2D eigenvalue weighted by Gasteiger charge is -2.30. The Hall–Kier alpha value is -2.88. The van der Waals surface area contributed by atoms with Gasteiger partial charge in [-0.25, -0.2) is 9.07 Å². The Kier molecular flexibility index (Phi) is 5.52. The van der Waals surface area contributed by atoms with Gasteiger partial charge in [0.05, 0.1) is 19.0 Å². The van der Waals surface area contributed by atoms with E-state index in [0.29, 0.717) is 37.0 Å². The van der Waals surface area contributed by atoms with Crippen LogP contribution in [-0.4, -0.2) is 51.0 Å². The van der Waals surface area contributed by atoms with Gasteiger partial charge in [-0.2, -0.15) is 0 Å². The highest BCUT2D eigenvalue weighted by molar-refractivity contribution is 7.71. The molecule has 3 aromatic rings. The van der Waals surface area contributed by atoms with Gasteiger partial charge in [0.1, 0.15) is 11.9 Å². The van der Waals surface area contributed by atoms with Crippen molar-refractivity contribution in [3.8, 4) is 17.1 Å². The van der Waals surface area contributed by atoms with Crippen molar-refractivity contribution < 1.29 is 13.9 Å². The van der Waals surface area contributed by atoms with Crippen LogP contribution in [0.25, 0.3) is 17.1 Å². The molecule has 1 fully saturated rings. The Bertz CT molecular complexity index is 1060. The standard InChI is InChI=1S/C20H20FN5O2S/c21-15-6-8-16(9-7-15)26-19(14-4-2-1-3-5-14)23-25(20(26)29)13-24-10-11-28-17(12-24)18(22)27/h1-9,17H,10-13H2,(H2,22,27). The molecule has 0 aliphatic carbocycles.